The summed E-state index contributed by atoms with van der Waals surface area (Å²) in [4.78, 5) is 22.8. The highest BCUT2D eigenvalue weighted by molar-refractivity contribution is 5.95. The molecule has 0 saturated heterocycles. The fourth-order valence-electron chi connectivity index (χ4n) is 5.04. The van der Waals surface area contributed by atoms with Crippen LogP contribution in [0.1, 0.15) is 41.7 Å². The molecule has 0 unspecified atom stereocenters. The summed E-state index contributed by atoms with van der Waals surface area (Å²) in [7, 11) is 3.00. The molecule has 41 heavy (non-hydrogen) atoms. The summed E-state index contributed by atoms with van der Waals surface area (Å²) < 4.78 is 47.2. The van der Waals surface area contributed by atoms with E-state index in [9.17, 15) is 22.8 Å². The summed E-state index contributed by atoms with van der Waals surface area (Å²) in [6.45, 7) is -1.06. The molecule has 0 radical (unpaired) electrons. The molecular formula is C29H32F3N5O4. The number of anilines is 2. The maximum absolute atomic E-state index is 13.5. The summed E-state index contributed by atoms with van der Waals surface area (Å²) >= 11 is 0. The molecule has 12 heteroatoms. The Balaban J connectivity index is 1.54. The number of hydrogen-bond donors (Lipinski definition) is 5. The molecule has 9 nitrogen and oxygen atoms in total. The number of rotatable bonds is 8. The van der Waals surface area contributed by atoms with E-state index < -0.39 is 18.8 Å². The van der Waals surface area contributed by atoms with Crippen LogP contribution < -0.4 is 26.0 Å². The first-order chi connectivity index (χ1) is 19.6. The molecule has 2 amide bonds. The Kier molecular flexibility index (Phi) is 9.17. The third-order valence-corrected chi connectivity index (χ3v) is 6.97. The molecule has 1 aliphatic carbocycles. The molecule has 1 fully saturated rings. The predicted octanol–water partition coefficient (Wildman–Crippen LogP) is 5.03. The van der Waals surface area contributed by atoms with Crippen LogP contribution in [0.2, 0.25) is 0 Å². The van der Waals surface area contributed by atoms with Crippen LogP contribution in [0.15, 0.2) is 42.5 Å². The van der Waals surface area contributed by atoms with E-state index in [2.05, 4.69) is 33.1 Å². The first-order valence-electron chi connectivity index (χ1n) is 13.2. The van der Waals surface area contributed by atoms with E-state index in [0.717, 1.165) is 12.8 Å². The lowest BCUT2D eigenvalue weighted by atomic mass is 9.91. The van der Waals surface area contributed by atoms with Crippen molar-refractivity contribution < 1.29 is 32.6 Å². The molecule has 1 heterocycles. The Hall–Kier alpha value is -4.53. The number of carboxylic acid groups (broad SMARTS) is 1. The van der Waals surface area contributed by atoms with E-state index in [4.69, 9.17) is 9.84 Å². The Morgan fingerprint density at radius 3 is 2.46 bits per heavy atom. The van der Waals surface area contributed by atoms with Crippen molar-refractivity contribution >= 4 is 34.3 Å². The number of carbonyl (C=O) groups is 2. The molecule has 2 aromatic carbocycles. The van der Waals surface area contributed by atoms with E-state index in [1.807, 2.05) is 6.07 Å². The van der Waals surface area contributed by atoms with Gasteiger partial charge in [-0.05, 0) is 68.0 Å². The van der Waals surface area contributed by atoms with Gasteiger partial charge in [0.15, 0.2) is 0 Å². The summed E-state index contributed by atoms with van der Waals surface area (Å²) in [5.74, 6) is 5.95. The molecule has 0 spiro atoms. The number of ether oxygens (including phenoxy) is 1. The second-order valence-electron chi connectivity index (χ2n) is 9.76. The number of carbonyl (C=O) groups excluding carboxylic acids is 1. The summed E-state index contributed by atoms with van der Waals surface area (Å²) in [6, 6.07) is 11.7. The van der Waals surface area contributed by atoms with E-state index in [1.165, 1.54) is 18.7 Å². The van der Waals surface area contributed by atoms with E-state index >= 15 is 0 Å². The van der Waals surface area contributed by atoms with Crippen LogP contribution in [0, 0.1) is 11.8 Å². The van der Waals surface area contributed by atoms with Gasteiger partial charge in [0.05, 0.1) is 30.6 Å². The molecule has 0 atom stereocenters. The zero-order valence-electron chi connectivity index (χ0n) is 22.7. The van der Waals surface area contributed by atoms with E-state index in [-0.39, 0.29) is 30.2 Å². The fourth-order valence-corrected chi connectivity index (χ4v) is 5.04. The number of amides is 2. The molecule has 218 valence electrons. The molecular weight excluding hydrogens is 539 g/mol. The van der Waals surface area contributed by atoms with Gasteiger partial charge in [0.2, 0.25) is 0 Å². The predicted molar refractivity (Wildman–Crippen MR) is 151 cm³/mol. The molecule has 0 bridgehead atoms. The quantitative estimate of drug-likeness (QED) is 0.242. The molecule has 4 rings (SSSR count). The number of halogens is 3. The highest BCUT2D eigenvalue weighted by Crippen LogP contribution is 2.32. The highest BCUT2D eigenvalue weighted by atomic mass is 19.4. The van der Waals surface area contributed by atoms with Gasteiger partial charge >= 0.3 is 12.3 Å². The molecule has 1 aromatic heterocycles. The van der Waals surface area contributed by atoms with Gasteiger partial charge in [0, 0.05) is 35.8 Å². The minimum atomic E-state index is -4.44. The summed E-state index contributed by atoms with van der Waals surface area (Å²) in [5, 5.41) is 21.2. The van der Waals surface area contributed by atoms with Crippen molar-refractivity contribution in [3.8, 4) is 17.6 Å². The third-order valence-electron chi connectivity index (χ3n) is 6.97. The van der Waals surface area contributed by atoms with E-state index in [1.54, 1.807) is 36.4 Å². The zero-order chi connectivity index (χ0) is 29.6. The van der Waals surface area contributed by atoms with Crippen molar-refractivity contribution in [3.05, 3.63) is 53.7 Å². The van der Waals surface area contributed by atoms with Crippen molar-refractivity contribution in [2.75, 3.05) is 31.3 Å². The number of nitrogens with zero attached hydrogens (tertiary/aromatic N) is 1. The topological polar surface area (TPSA) is 117 Å². The maximum atomic E-state index is 13.5. The normalized spacial score (nSPS) is 16.8. The standard InChI is InChI=1S/C29H32F3N5O4/c1-33-27(38)18-8-13-24(26(15-18)41-2)34-14-4-5-21-16-22-23(6-3-7-25(22)37(21)17-29(30,31)32)35-19-9-11-20(12-10-19)36-28(39)40/h3,6-8,13,15-16,19-20,34-36H,9-12,14,17H2,1-2H3,(H,33,38)(H,39,40). The smallest absolute Gasteiger partial charge is 0.406 e. The lowest BCUT2D eigenvalue weighted by Gasteiger charge is -2.29. The Morgan fingerprint density at radius 2 is 1.80 bits per heavy atom. The fraction of sp³-hybridized carbons (Fsp3) is 0.379. The summed E-state index contributed by atoms with van der Waals surface area (Å²) in [5.41, 5.74) is 2.36. The van der Waals surface area contributed by atoms with Crippen LogP contribution in [0.4, 0.5) is 29.3 Å². The number of aromatic nitrogens is 1. The SMILES string of the molecule is CNC(=O)c1ccc(NCC#Cc2cc3c(NC4CCC(NC(=O)O)CC4)cccc3n2CC(F)(F)F)c(OC)c1. The van der Waals surface area contributed by atoms with Gasteiger partial charge in [0.25, 0.3) is 5.91 Å². The Bertz CT molecular complexity index is 1470. The largest absolute Gasteiger partial charge is 0.495 e. The molecule has 1 saturated carbocycles. The number of fused-ring (bicyclic) bond motifs is 1. The molecule has 1 aliphatic rings. The first-order valence-corrected chi connectivity index (χ1v) is 13.2. The minimum absolute atomic E-state index is 0.0712. The van der Waals surface area contributed by atoms with Crippen molar-refractivity contribution in [1.29, 1.82) is 0 Å². The maximum Gasteiger partial charge on any atom is 0.406 e. The second-order valence-corrected chi connectivity index (χ2v) is 9.76. The van der Waals surface area contributed by atoms with Crippen LogP contribution in [-0.4, -0.2) is 60.6 Å². The third kappa shape index (κ3) is 7.57. The van der Waals surface area contributed by atoms with Gasteiger partial charge in [-0.15, -0.1) is 0 Å². The van der Waals surface area contributed by atoms with Crippen LogP contribution in [0.25, 0.3) is 10.9 Å². The van der Waals surface area contributed by atoms with Gasteiger partial charge in [-0.2, -0.15) is 13.2 Å². The minimum Gasteiger partial charge on any atom is -0.495 e. The number of benzene rings is 2. The van der Waals surface area contributed by atoms with Crippen molar-refractivity contribution in [2.45, 2.75) is 50.5 Å². The van der Waals surface area contributed by atoms with Crippen molar-refractivity contribution in [2.24, 2.45) is 0 Å². The monoisotopic (exact) mass is 571 g/mol. The lowest BCUT2D eigenvalue weighted by Crippen LogP contribution is -2.39. The number of alkyl halides is 3. The van der Waals surface area contributed by atoms with Gasteiger partial charge in [-0.25, -0.2) is 4.79 Å². The van der Waals surface area contributed by atoms with Crippen LogP contribution in [-0.2, 0) is 6.54 Å². The lowest BCUT2D eigenvalue weighted by molar-refractivity contribution is -0.140. The average molecular weight is 572 g/mol. The van der Waals surface area contributed by atoms with Crippen molar-refractivity contribution in [1.82, 2.24) is 15.2 Å². The number of hydrogen-bond acceptors (Lipinski definition) is 5. The van der Waals surface area contributed by atoms with Gasteiger partial charge < -0.3 is 35.7 Å². The molecule has 0 aliphatic heterocycles. The van der Waals surface area contributed by atoms with Crippen molar-refractivity contribution in [3.63, 3.8) is 0 Å². The van der Waals surface area contributed by atoms with Gasteiger partial charge in [-0.3, -0.25) is 4.79 Å². The Morgan fingerprint density at radius 1 is 1.07 bits per heavy atom. The van der Waals surface area contributed by atoms with Crippen LogP contribution >= 0.6 is 0 Å². The van der Waals surface area contributed by atoms with Gasteiger partial charge in [0.1, 0.15) is 12.3 Å². The Labute approximate surface area is 235 Å². The first kappa shape index (κ1) is 29.5. The average Bonchev–Trinajstić information content (AvgIpc) is 3.28. The van der Waals surface area contributed by atoms with Crippen LogP contribution in [0.5, 0.6) is 5.75 Å². The van der Waals surface area contributed by atoms with Gasteiger partial charge in [-0.1, -0.05) is 12.0 Å². The molecule has 5 N–H and O–H groups in total. The highest BCUT2D eigenvalue weighted by Gasteiger charge is 2.30. The van der Waals surface area contributed by atoms with Crippen LogP contribution in [0.3, 0.4) is 0 Å². The molecule has 3 aromatic rings. The second kappa shape index (κ2) is 12.8. The van der Waals surface area contributed by atoms with E-state index in [0.29, 0.717) is 46.4 Å². The zero-order valence-corrected chi connectivity index (χ0v) is 22.7. The number of methoxy groups -OCH3 is 1. The number of nitrogens with one attached hydrogen (secondary N) is 4. The summed E-state index contributed by atoms with van der Waals surface area (Å²) in [6.07, 6.45) is -2.66.